The zero-order valence-electron chi connectivity index (χ0n) is 9.90. The van der Waals surface area contributed by atoms with Crippen molar-refractivity contribution in [2.24, 2.45) is 0 Å². The summed E-state index contributed by atoms with van der Waals surface area (Å²) in [5, 5.41) is 2.14. The van der Waals surface area contributed by atoms with Gasteiger partial charge in [-0.1, -0.05) is 46.3 Å². The lowest BCUT2D eigenvalue weighted by molar-refractivity contribution is 0.630. The largest absolute Gasteiger partial charge is 0.206 e. The summed E-state index contributed by atoms with van der Waals surface area (Å²) < 4.78 is 14.7. The quantitative estimate of drug-likeness (QED) is 0.543. The highest BCUT2D eigenvalue weighted by Gasteiger charge is 2.08. The predicted molar refractivity (Wildman–Crippen MR) is 84.3 cm³/mol. The zero-order chi connectivity index (χ0) is 13.4. The molecule has 3 heteroatoms. The highest BCUT2D eigenvalue weighted by molar-refractivity contribution is 9.10. The first-order valence-electron chi connectivity index (χ1n) is 5.82. The van der Waals surface area contributed by atoms with Crippen molar-refractivity contribution in [2.45, 2.75) is 4.90 Å². The van der Waals surface area contributed by atoms with Crippen molar-refractivity contribution >= 4 is 39.3 Å². The SMILES string of the molecule is Fc1cc(Br)ccc1-c1cc(S)c2ccccc2c1. The molecule has 0 saturated carbocycles. The molecule has 19 heavy (non-hydrogen) atoms. The summed E-state index contributed by atoms with van der Waals surface area (Å²) in [5.74, 6) is -0.239. The highest BCUT2D eigenvalue weighted by Crippen LogP contribution is 2.32. The van der Waals surface area contributed by atoms with E-state index in [1.54, 1.807) is 6.07 Å². The van der Waals surface area contributed by atoms with E-state index in [1.807, 2.05) is 42.5 Å². The van der Waals surface area contributed by atoms with Gasteiger partial charge < -0.3 is 0 Å². The Balaban J connectivity index is 2.25. The minimum atomic E-state index is -0.239. The van der Waals surface area contributed by atoms with Crippen molar-refractivity contribution < 1.29 is 4.39 Å². The van der Waals surface area contributed by atoms with Gasteiger partial charge in [-0.15, -0.1) is 12.6 Å². The first kappa shape index (κ1) is 12.7. The van der Waals surface area contributed by atoms with Gasteiger partial charge in [0.1, 0.15) is 5.82 Å². The van der Waals surface area contributed by atoms with E-state index < -0.39 is 0 Å². The van der Waals surface area contributed by atoms with Crippen LogP contribution in [0.5, 0.6) is 0 Å². The second-order valence-corrected chi connectivity index (χ2v) is 5.74. The fourth-order valence-corrected chi connectivity index (χ4v) is 2.85. The molecule has 0 amide bonds. The van der Waals surface area contributed by atoms with E-state index in [9.17, 15) is 4.39 Å². The molecule has 3 aromatic rings. The molecule has 0 aromatic heterocycles. The van der Waals surface area contributed by atoms with Crippen LogP contribution in [0.4, 0.5) is 4.39 Å². The van der Waals surface area contributed by atoms with E-state index in [0.29, 0.717) is 5.56 Å². The summed E-state index contributed by atoms with van der Waals surface area (Å²) in [6, 6.07) is 16.9. The Morgan fingerprint density at radius 2 is 1.74 bits per heavy atom. The molecule has 0 atom stereocenters. The van der Waals surface area contributed by atoms with Gasteiger partial charge in [0, 0.05) is 14.9 Å². The maximum Gasteiger partial charge on any atom is 0.132 e. The fraction of sp³-hybridized carbons (Fsp3) is 0. The Morgan fingerprint density at radius 3 is 2.53 bits per heavy atom. The average molecular weight is 333 g/mol. The van der Waals surface area contributed by atoms with Crippen molar-refractivity contribution in [2.75, 3.05) is 0 Å². The molecule has 0 radical (unpaired) electrons. The number of rotatable bonds is 1. The maximum absolute atomic E-state index is 14.0. The van der Waals surface area contributed by atoms with Gasteiger partial charge in [0.25, 0.3) is 0 Å². The standard InChI is InChI=1S/C16H10BrFS/c17-12-5-6-13(15(18)9-12)11-7-10-3-1-2-4-14(10)16(19)8-11/h1-9,19H. The molecule has 0 heterocycles. The van der Waals surface area contributed by atoms with Gasteiger partial charge in [0.05, 0.1) is 0 Å². The summed E-state index contributed by atoms with van der Waals surface area (Å²) >= 11 is 7.76. The molecule has 0 N–H and O–H groups in total. The Morgan fingerprint density at radius 1 is 0.947 bits per heavy atom. The third-order valence-corrected chi connectivity index (χ3v) is 3.95. The molecule has 0 spiro atoms. The number of hydrogen-bond acceptors (Lipinski definition) is 1. The number of fused-ring (bicyclic) bond motifs is 1. The maximum atomic E-state index is 14.0. The normalized spacial score (nSPS) is 10.9. The average Bonchev–Trinajstić information content (AvgIpc) is 2.38. The third-order valence-electron chi connectivity index (χ3n) is 3.08. The van der Waals surface area contributed by atoms with Gasteiger partial charge in [0.2, 0.25) is 0 Å². The van der Waals surface area contributed by atoms with E-state index in [4.69, 9.17) is 0 Å². The highest BCUT2D eigenvalue weighted by atomic mass is 79.9. The van der Waals surface area contributed by atoms with E-state index >= 15 is 0 Å². The summed E-state index contributed by atoms with van der Waals surface area (Å²) in [7, 11) is 0. The molecule has 0 saturated heterocycles. The molecule has 0 aliphatic heterocycles. The minimum absolute atomic E-state index is 0.239. The second kappa shape index (κ2) is 4.99. The monoisotopic (exact) mass is 332 g/mol. The summed E-state index contributed by atoms with van der Waals surface area (Å²) in [6.45, 7) is 0. The van der Waals surface area contributed by atoms with Crippen LogP contribution in [0.15, 0.2) is 64.0 Å². The van der Waals surface area contributed by atoms with Crippen LogP contribution in [-0.2, 0) is 0 Å². The first-order valence-corrected chi connectivity index (χ1v) is 7.06. The molecule has 3 rings (SSSR count). The van der Waals surface area contributed by atoms with Crippen LogP contribution in [0.3, 0.4) is 0 Å². The third kappa shape index (κ3) is 2.40. The van der Waals surface area contributed by atoms with Gasteiger partial charge >= 0.3 is 0 Å². The van der Waals surface area contributed by atoms with Crippen LogP contribution >= 0.6 is 28.6 Å². The molecule has 0 fully saturated rings. The Kier molecular flexibility index (Phi) is 3.33. The second-order valence-electron chi connectivity index (χ2n) is 4.34. The van der Waals surface area contributed by atoms with Crippen molar-refractivity contribution in [3.05, 3.63) is 64.9 Å². The molecule has 0 nitrogen and oxygen atoms in total. The Bertz CT molecular complexity index is 768. The molecular weight excluding hydrogens is 323 g/mol. The summed E-state index contributed by atoms with van der Waals surface area (Å²) in [4.78, 5) is 0.857. The van der Waals surface area contributed by atoms with Crippen LogP contribution in [0.2, 0.25) is 0 Å². The van der Waals surface area contributed by atoms with E-state index in [2.05, 4.69) is 28.6 Å². The number of halogens is 2. The van der Waals surface area contributed by atoms with Gasteiger partial charge in [0.15, 0.2) is 0 Å². The smallest absolute Gasteiger partial charge is 0.132 e. The molecule has 0 unspecified atom stereocenters. The Labute approximate surface area is 124 Å². The fourth-order valence-electron chi connectivity index (χ4n) is 2.17. The van der Waals surface area contributed by atoms with Crippen LogP contribution in [0.25, 0.3) is 21.9 Å². The molecule has 0 aliphatic carbocycles. The first-order chi connectivity index (χ1) is 9.15. The molecule has 94 valence electrons. The lowest BCUT2D eigenvalue weighted by atomic mass is 10.0. The van der Waals surface area contributed by atoms with Crippen molar-refractivity contribution in [1.29, 1.82) is 0 Å². The predicted octanol–water partition coefficient (Wildman–Crippen LogP) is 5.70. The number of thiol groups is 1. The minimum Gasteiger partial charge on any atom is -0.206 e. The van der Waals surface area contributed by atoms with E-state index in [-0.39, 0.29) is 5.82 Å². The molecule has 3 aromatic carbocycles. The topological polar surface area (TPSA) is 0 Å². The van der Waals surface area contributed by atoms with Gasteiger partial charge in [-0.3, -0.25) is 0 Å². The van der Waals surface area contributed by atoms with Gasteiger partial charge in [-0.2, -0.15) is 0 Å². The van der Waals surface area contributed by atoms with Crippen molar-refractivity contribution in [3.8, 4) is 11.1 Å². The van der Waals surface area contributed by atoms with Gasteiger partial charge in [-0.25, -0.2) is 4.39 Å². The lowest BCUT2D eigenvalue weighted by Gasteiger charge is -2.08. The Hall–Kier alpha value is -1.32. The molecule has 0 aliphatic rings. The van der Waals surface area contributed by atoms with E-state index in [1.165, 1.54) is 6.07 Å². The van der Waals surface area contributed by atoms with Crippen LogP contribution in [0, 0.1) is 5.82 Å². The lowest BCUT2D eigenvalue weighted by Crippen LogP contribution is -1.86. The summed E-state index contributed by atoms with van der Waals surface area (Å²) in [6.07, 6.45) is 0. The zero-order valence-corrected chi connectivity index (χ0v) is 12.4. The molecular formula is C16H10BrFS. The van der Waals surface area contributed by atoms with Crippen LogP contribution < -0.4 is 0 Å². The van der Waals surface area contributed by atoms with Gasteiger partial charge in [-0.05, 0) is 40.6 Å². The summed E-state index contributed by atoms with van der Waals surface area (Å²) in [5.41, 5.74) is 1.43. The number of hydrogen-bond donors (Lipinski definition) is 1. The molecule has 0 bridgehead atoms. The number of benzene rings is 3. The van der Waals surface area contributed by atoms with Crippen LogP contribution in [0.1, 0.15) is 0 Å². The van der Waals surface area contributed by atoms with Crippen molar-refractivity contribution in [1.82, 2.24) is 0 Å². The van der Waals surface area contributed by atoms with Crippen molar-refractivity contribution in [3.63, 3.8) is 0 Å². The van der Waals surface area contributed by atoms with Crippen LogP contribution in [-0.4, -0.2) is 0 Å². The van der Waals surface area contributed by atoms with E-state index in [0.717, 1.165) is 25.7 Å².